The lowest BCUT2D eigenvalue weighted by atomic mass is 10.1. The van der Waals surface area contributed by atoms with Crippen LogP contribution in [0.15, 0.2) is 47.1 Å². The van der Waals surface area contributed by atoms with Gasteiger partial charge in [-0.3, -0.25) is 9.48 Å². The molecule has 12 heteroatoms. The van der Waals surface area contributed by atoms with Crippen LogP contribution in [-0.4, -0.2) is 42.2 Å². The van der Waals surface area contributed by atoms with Crippen molar-refractivity contribution in [2.45, 2.75) is 26.2 Å². The van der Waals surface area contributed by atoms with Crippen LogP contribution in [0.5, 0.6) is 0 Å². The summed E-state index contributed by atoms with van der Waals surface area (Å²) in [6, 6.07) is 6.94. The van der Waals surface area contributed by atoms with E-state index in [1.54, 1.807) is 10.9 Å². The molecule has 0 bridgehead atoms. The van der Waals surface area contributed by atoms with Crippen LogP contribution < -0.4 is 0 Å². The maximum absolute atomic E-state index is 13.8. The third-order valence-corrected chi connectivity index (χ3v) is 5.58. The highest BCUT2D eigenvalue weighted by molar-refractivity contribution is 9.10. The maximum atomic E-state index is 13.8. The largest absolute Gasteiger partial charge is 0.433 e. The fourth-order valence-corrected chi connectivity index (χ4v) is 3.69. The van der Waals surface area contributed by atoms with Crippen LogP contribution in [0.2, 0.25) is 0 Å². The number of fused-ring (bicyclic) bond motifs is 1. The normalized spacial score (nSPS) is 11.8. The number of benzene rings is 1. The minimum atomic E-state index is -4.76. The summed E-state index contributed by atoms with van der Waals surface area (Å²) in [6.45, 7) is 2.69. The molecular weight excluding hydrogens is 508 g/mol. The predicted molar refractivity (Wildman–Crippen MR) is 115 cm³/mol. The number of rotatable bonds is 5. The third kappa shape index (κ3) is 4.61. The first-order chi connectivity index (χ1) is 15.6. The van der Waals surface area contributed by atoms with Crippen molar-refractivity contribution in [1.29, 1.82) is 0 Å². The number of nitrogens with zero attached hydrogens (tertiary/aromatic N) is 6. The van der Waals surface area contributed by atoms with Gasteiger partial charge in [-0.15, -0.1) is 0 Å². The molecule has 1 aromatic carbocycles. The van der Waals surface area contributed by atoms with Gasteiger partial charge in [-0.05, 0) is 53.2 Å². The maximum Gasteiger partial charge on any atom is 0.433 e. The van der Waals surface area contributed by atoms with Gasteiger partial charge in [0.2, 0.25) is 0 Å². The SMILES string of the molecule is CCn1cc(Br)c(CN(C)C(=O)c2cc3nc(-c4ccc(F)cc4)cc(C(F)(F)F)n3n2)n1. The van der Waals surface area contributed by atoms with Crippen LogP contribution in [0.4, 0.5) is 17.6 Å². The molecule has 3 aromatic heterocycles. The average molecular weight is 525 g/mol. The van der Waals surface area contributed by atoms with Crippen molar-refractivity contribution in [3.05, 3.63) is 70.0 Å². The Kier molecular flexibility index (Phi) is 5.95. The van der Waals surface area contributed by atoms with Crippen LogP contribution in [0, 0.1) is 5.82 Å². The summed E-state index contributed by atoms with van der Waals surface area (Å²) in [4.78, 5) is 18.4. The lowest BCUT2D eigenvalue weighted by Gasteiger charge is -2.14. The molecule has 4 aromatic rings. The number of hydrogen-bond acceptors (Lipinski definition) is 4. The summed E-state index contributed by atoms with van der Waals surface area (Å²) in [5.41, 5.74) is -0.569. The van der Waals surface area contributed by atoms with Crippen molar-refractivity contribution in [3.8, 4) is 11.3 Å². The van der Waals surface area contributed by atoms with E-state index >= 15 is 0 Å². The van der Waals surface area contributed by atoms with Crippen molar-refractivity contribution in [2.24, 2.45) is 0 Å². The second-order valence-corrected chi connectivity index (χ2v) is 8.13. The van der Waals surface area contributed by atoms with Gasteiger partial charge in [0.1, 0.15) is 5.82 Å². The minimum absolute atomic E-state index is 0.0175. The van der Waals surface area contributed by atoms with Gasteiger partial charge in [0.25, 0.3) is 5.91 Å². The number of alkyl halides is 3. The summed E-state index contributed by atoms with van der Waals surface area (Å²) < 4.78 is 57.5. The molecule has 0 N–H and O–H groups in total. The van der Waals surface area contributed by atoms with Crippen molar-refractivity contribution >= 4 is 27.5 Å². The van der Waals surface area contributed by atoms with Gasteiger partial charge >= 0.3 is 6.18 Å². The van der Waals surface area contributed by atoms with E-state index in [4.69, 9.17) is 0 Å². The first-order valence-electron chi connectivity index (χ1n) is 9.78. The van der Waals surface area contributed by atoms with Gasteiger partial charge in [0, 0.05) is 31.4 Å². The van der Waals surface area contributed by atoms with E-state index in [1.165, 1.54) is 30.1 Å². The van der Waals surface area contributed by atoms with Crippen LogP contribution >= 0.6 is 15.9 Å². The van der Waals surface area contributed by atoms with E-state index in [9.17, 15) is 22.4 Å². The quantitative estimate of drug-likeness (QED) is 0.351. The van der Waals surface area contributed by atoms with Crippen LogP contribution in [0.25, 0.3) is 16.9 Å². The fraction of sp³-hybridized carbons (Fsp3) is 0.238. The Balaban J connectivity index is 1.72. The van der Waals surface area contributed by atoms with Gasteiger partial charge in [-0.25, -0.2) is 13.9 Å². The Bertz CT molecular complexity index is 1330. The molecule has 4 rings (SSSR count). The molecule has 172 valence electrons. The Hall–Kier alpha value is -3.28. The summed E-state index contributed by atoms with van der Waals surface area (Å²) >= 11 is 3.39. The van der Waals surface area contributed by atoms with Crippen molar-refractivity contribution in [1.82, 2.24) is 29.3 Å². The highest BCUT2D eigenvalue weighted by atomic mass is 79.9. The first-order valence-corrected chi connectivity index (χ1v) is 10.6. The van der Waals surface area contributed by atoms with Crippen LogP contribution in [-0.2, 0) is 19.3 Å². The Morgan fingerprint density at radius 2 is 1.85 bits per heavy atom. The molecule has 0 spiro atoms. The van der Waals surface area contributed by atoms with E-state index in [-0.39, 0.29) is 23.6 Å². The molecular formula is C21H17BrF4N6O. The number of carbonyl (C=O) groups is 1. The van der Waals surface area contributed by atoms with E-state index in [1.807, 2.05) is 6.92 Å². The summed E-state index contributed by atoms with van der Waals surface area (Å²) in [5, 5.41) is 8.23. The first kappa shape index (κ1) is 22.9. The zero-order chi connectivity index (χ0) is 23.9. The van der Waals surface area contributed by atoms with Crippen LogP contribution in [0.1, 0.15) is 28.8 Å². The molecule has 0 atom stereocenters. The molecule has 0 aliphatic rings. The number of halogens is 5. The van der Waals surface area contributed by atoms with Gasteiger partial charge in [0.15, 0.2) is 17.0 Å². The van der Waals surface area contributed by atoms with Gasteiger partial charge < -0.3 is 4.90 Å². The molecule has 33 heavy (non-hydrogen) atoms. The molecule has 0 fully saturated rings. The van der Waals surface area contributed by atoms with E-state index in [0.717, 1.165) is 18.2 Å². The topological polar surface area (TPSA) is 68.3 Å². The molecule has 1 amide bonds. The van der Waals surface area contributed by atoms with E-state index < -0.39 is 23.6 Å². The Morgan fingerprint density at radius 3 is 2.45 bits per heavy atom. The number of carbonyl (C=O) groups excluding carboxylic acids is 1. The molecule has 3 heterocycles. The summed E-state index contributed by atoms with van der Waals surface area (Å²) in [7, 11) is 1.51. The molecule has 0 aliphatic carbocycles. The molecule has 0 aliphatic heterocycles. The van der Waals surface area contributed by atoms with E-state index in [2.05, 4.69) is 31.1 Å². The minimum Gasteiger partial charge on any atom is -0.334 e. The Labute approximate surface area is 193 Å². The fourth-order valence-electron chi connectivity index (χ4n) is 3.25. The van der Waals surface area contributed by atoms with Crippen molar-refractivity contribution < 1.29 is 22.4 Å². The molecule has 0 radical (unpaired) electrons. The lowest BCUT2D eigenvalue weighted by Crippen LogP contribution is -2.27. The number of hydrogen-bond donors (Lipinski definition) is 0. The number of aryl methyl sites for hydroxylation is 1. The standard InChI is InChI=1S/C21H17BrF4N6O/c1-3-31-10-14(22)17(28-31)11-30(2)20(33)16-9-19-27-15(12-4-6-13(23)7-5-12)8-18(21(24,25)26)32(19)29-16/h4-10H,3,11H2,1-2H3. The summed E-state index contributed by atoms with van der Waals surface area (Å²) in [6.07, 6.45) is -2.98. The van der Waals surface area contributed by atoms with Crippen LogP contribution in [0.3, 0.4) is 0 Å². The average Bonchev–Trinajstić information content (AvgIpc) is 3.35. The molecule has 0 saturated heterocycles. The second-order valence-electron chi connectivity index (χ2n) is 7.27. The van der Waals surface area contributed by atoms with Crippen molar-refractivity contribution in [3.63, 3.8) is 0 Å². The smallest absolute Gasteiger partial charge is 0.334 e. The highest BCUT2D eigenvalue weighted by Gasteiger charge is 2.36. The third-order valence-electron chi connectivity index (χ3n) is 4.92. The molecule has 7 nitrogen and oxygen atoms in total. The van der Waals surface area contributed by atoms with Gasteiger partial charge in [-0.1, -0.05) is 0 Å². The lowest BCUT2D eigenvalue weighted by molar-refractivity contribution is -0.142. The second kappa shape index (κ2) is 8.58. The Morgan fingerprint density at radius 1 is 1.15 bits per heavy atom. The monoisotopic (exact) mass is 524 g/mol. The predicted octanol–water partition coefficient (Wildman–Crippen LogP) is 4.81. The van der Waals surface area contributed by atoms with E-state index in [0.29, 0.717) is 26.8 Å². The van der Waals surface area contributed by atoms with Gasteiger partial charge in [0.05, 0.1) is 22.4 Å². The zero-order valence-electron chi connectivity index (χ0n) is 17.4. The molecule has 0 saturated carbocycles. The highest BCUT2D eigenvalue weighted by Crippen LogP contribution is 2.32. The van der Waals surface area contributed by atoms with Crippen molar-refractivity contribution in [2.75, 3.05) is 7.05 Å². The zero-order valence-corrected chi connectivity index (χ0v) is 19.0. The molecule has 0 unspecified atom stereocenters. The number of amides is 1. The van der Waals surface area contributed by atoms with Gasteiger partial charge in [-0.2, -0.15) is 23.4 Å². The number of aromatic nitrogens is 5. The summed E-state index contributed by atoms with van der Waals surface area (Å²) in [5.74, 6) is -1.11.